The van der Waals surface area contributed by atoms with E-state index in [9.17, 15) is 9.59 Å². The van der Waals surface area contributed by atoms with Crippen molar-refractivity contribution in [3.8, 4) is 0 Å². The minimum atomic E-state index is -0.137. The zero-order chi connectivity index (χ0) is 20.1. The van der Waals surface area contributed by atoms with Gasteiger partial charge in [-0.25, -0.2) is 0 Å². The molecule has 1 aliphatic rings. The van der Waals surface area contributed by atoms with Crippen LogP contribution in [-0.4, -0.2) is 42.9 Å². The van der Waals surface area contributed by atoms with E-state index in [1.165, 1.54) is 18.2 Å². The third-order valence-corrected chi connectivity index (χ3v) is 5.06. The molecule has 2 N–H and O–H groups in total. The van der Waals surface area contributed by atoms with Crippen LogP contribution in [0, 0.1) is 0 Å². The van der Waals surface area contributed by atoms with Crippen molar-refractivity contribution in [1.82, 2.24) is 4.90 Å². The molecule has 0 saturated heterocycles. The Morgan fingerprint density at radius 2 is 1.79 bits per heavy atom. The van der Waals surface area contributed by atoms with Crippen molar-refractivity contribution < 1.29 is 9.59 Å². The normalized spacial score (nSPS) is 16.8. The highest BCUT2D eigenvalue weighted by atomic mass is 16.2. The second-order valence-electron chi connectivity index (χ2n) is 7.29. The van der Waals surface area contributed by atoms with Gasteiger partial charge in [0.1, 0.15) is 0 Å². The number of likely N-dealkylation sites (N-methyl/N-ethyl adjacent to an activating group) is 1. The quantitative estimate of drug-likeness (QED) is 0.835. The van der Waals surface area contributed by atoms with E-state index in [1.807, 2.05) is 18.2 Å². The lowest BCUT2D eigenvalue weighted by Gasteiger charge is -2.30. The molecule has 148 valence electrons. The fourth-order valence-electron chi connectivity index (χ4n) is 3.73. The summed E-state index contributed by atoms with van der Waals surface area (Å²) in [7, 11) is 2.11. The lowest BCUT2D eigenvalue weighted by atomic mass is 10.1. The lowest BCUT2D eigenvalue weighted by Crippen LogP contribution is -2.43. The molecule has 3 rings (SSSR count). The maximum Gasteiger partial charge on any atom is 0.238 e. The predicted octanol–water partition coefficient (Wildman–Crippen LogP) is 3.31. The first-order valence-corrected chi connectivity index (χ1v) is 9.67. The zero-order valence-corrected chi connectivity index (χ0v) is 16.7. The van der Waals surface area contributed by atoms with Gasteiger partial charge in [0.15, 0.2) is 0 Å². The number of rotatable bonds is 5. The Balaban J connectivity index is 1.71. The average Bonchev–Trinajstić information content (AvgIpc) is 2.78. The van der Waals surface area contributed by atoms with E-state index in [-0.39, 0.29) is 11.8 Å². The van der Waals surface area contributed by atoms with Crippen molar-refractivity contribution in [2.24, 2.45) is 0 Å². The van der Waals surface area contributed by atoms with Crippen molar-refractivity contribution in [3.05, 3.63) is 54.1 Å². The highest BCUT2D eigenvalue weighted by Crippen LogP contribution is 2.27. The first-order valence-electron chi connectivity index (χ1n) is 9.67. The minimum absolute atomic E-state index is 0.0551. The Bertz CT molecular complexity index is 852. The van der Waals surface area contributed by atoms with Gasteiger partial charge in [-0.05, 0) is 36.2 Å². The van der Waals surface area contributed by atoms with E-state index in [0.717, 1.165) is 19.5 Å². The Kier molecular flexibility index (Phi) is 6.31. The number of amides is 2. The number of carbonyl (C=O) groups excluding carboxylic acids is 2. The number of hydrogen-bond acceptors (Lipinski definition) is 4. The van der Waals surface area contributed by atoms with E-state index in [1.54, 1.807) is 12.1 Å². The molecule has 0 aliphatic carbocycles. The van der Waals surface area contributed by atoms with Crippen molar-refractivity contribution in [2.75, 3.05) is 35.7 Å². The number of carbonyl (C=O) groups is 2. The van der Waals surface area contributed by atoms with E-state index in [4.69, 9.17) is 0 Å². The van der Waals surface area contributed by atoms with Gasteiger partial charge in [0, 0.05) is 50.2 Å². The van der Waals surface area contributed by atoms with E-state index >= 15 is 0 Å². The molecule has 1 atom stereocenters. The molecule has 1 unspecified atom stereocenters. The predicted molar refractivity (Wildman–Crippen MR) is 114 cm³/mol. The van der Waals surface area contributed by atoms with Crippen molar-refractivity contribution in [2.45, 2.75) is 32.9 Å². The summed E-state index contributed by atoms with van der Waals surface area (Å²) in [6.07, 6.45) is 0.976. The second-order valence-corrected chi connectivity index (χ2v) is 7.29. The molecule has 0 aromatic heterocycles. The van der Waals surface area contributed by atoms with Crippen LogP contribution >= 0.6 is 0 Å². The maximum absolute atomic E-state index is 12.7. The molecule has 0 bridgehead atoms. The van der Waals surface area contributed by atoms with Gasteiger partial charge >= 0.3 is 0 Å². The summed E-state index contributed by atoms with van der Waals surface area (Å²) in [4.78, 5) is 28.5. The van der Waals surface area contributed by atoms with E-state index in [0.29, 0.717) is 24.0 Å². The maximum atomic E-state index is 12.7. The Morgan fingerprint density at radius 3 is 2.50 bits per heavy atom. The molecule has 2 amide bonds. The number of nitrogens with zero attached hydrogens (tertiary/aromatic N) is 2. The molecule has 0 fully saturated rings. The number of benzene rings is 2. The van der Waals surface area contributed by atoms with Crippen molar-refractivity contribution >= 4 is 28.9 Å². The van der Waals surface area contributed by atoms with Crippen LogP contribution in [-0.2, 0) is 16.1 Å². The third kappa shape index (κ3) is 4.89. The molecule has 2 aromatic rings. The molecule has 0 spiro atoms. The van der Waals surface area contributed by atoms with Crippen LogP contribution in [0.5, 0.6) is 0 Å². The van der Waals surface area contributed by atoms with E-state index < -0.39 is 0 Å². The second kappa shape index (κ2) is 8.89. The van der Waals surface area contributed by atoms with Gasteiger partial charge in [-0.15, -0.1) is 0 Å². The monoisotopic (exact) mass is 380 g/mol. The van der Waals surface area contributed by atoms with E-state index in [2.05, 4.69) is 52.6 Å². The van der Waals surface area contributed by atoms with Gasteiger partial charge in [-0.2, -0.15) is 0 Å². The summed E-state index contributed by atoms with van der Waals surface area (Å²) in [6.45, 7) is 5.59. The minimum Gasteiger partial charge on any atom is -0.373 e. The molecule has 2 aromatic carbocycles. The summed E-state index contributed by atoms with van der Waals surface area (Å²) < 4.78 is 0. The topological polar surface area (TPSA) is 64.7 Å². The number of nitrogens with one attached hydrogen (secondary N) is 2. The summed E-state index contributed by atoms with van der Waals surface area (Å²) in [6, 6.07) is 15.9. The number of fused-ring (bicyclic) bond motifs is 1. The highest BCUT2D eigenvalue weighted by Gasteiger charge is 2.26. The van der Waals surface area contributed by atoms with Gasteiger partial charge in [-0.1, -0.05) is 31.2 Å². The van der Waals surface area contributed by atoms with Crippen LogP contribution in [0.1, 0.15) is 25.8 Å². The first-order chi connectivity index (χ1) is 13.5. The largest absolute Gasteiger partial charge is 0.373 e. The first kappa shape index (κ1) is 19.9. The van der Waals surface area contributed by atoms with Gasteiger partial charge in [-0.3, -0.25) is 14.5 Å². The highest BCUT2D eigenvalue weighted by molar-refractivity contribution is 5.94. The number of hydrogen-bond donors (Lipinski definition) is 2. The van der Waals surface area contributed by atoms with Crippen LogP contribution in [0.3, 0.4) is 0 Å². The molecular formula is C22H28N4O2. The van der Waals surface area contributed by atoms with Crippen LogP contribution in [0.25, 0.3) is 0 Å². The zero-order valence-electron chi connectivity index (χ0n) is 16.7. The standard InChI is InChI=1S/C22H28N4O2/c1-4-20-14-25(3)21-11-6-5-8-17(21)13-26(20)15-22(28)24-19-10-7-9-18(12-19)23-16(2)27/h5-12,20H,4,13-15H2,1-3H3,(H,23,27)(H,24,28). The van der Waals surface area contributed by atoms with Crippen LogP contribution < -0.4 is 15.5 Å². The number of para-hydroxylation sites is 1. The summed E-state index contributed by atoms with van der Waals surface area (Å²) in [5.41, 5.74) is 3.81. The molecule has 1 heterocycles. The van der Waals surface area contributed by atoms with Crippen LogP contribution in [0.2, 0.25) is 0 Å². The van der Waals surface area contributed by atoms with Gasteiger partial charge in [0.05, 0.1) is 6.54 Å². The summed E-state index contributed by atoms with van der Waals surface area (Å²) in [5, 5.41) is 5.69. The molecule has 28 heavy (non-hydrogen) atoms. The average molecular weight is 380 g/mol. The Labute approximate surface area is 166 Å². The number of anilines is 3. The molecule has 0 radical (unpaired) electrons. The lowest BCUT2D eigenvalue weighted by molar-refractivity contribution is -0.118. The molecule has 0 saturated carbocycles. The fourth-order valence-corrected chi connectivity index (χ4v) is 3.73. The van der Waals surface area contributed by atoms with Crippen LogP contribution in [0.15, 0.2) is 48.5 Å². The summed E-state index contributed by atoms with van der Waals surface area (Å²) >= 11 is 0. The Hall–Kier alpha value is -2.86. The van der Waals surface area contributed by atoms with Crippen LogP contribution in [0.4, 0.5) is 17.1 Å². The molecule has 6 heteroatoms. The van der Waals surface area contributed by atoms with Gasteiger partial charge in [0.25, 0.3) is 0 Å². The molecule has 6 nitrogen and oxygen atoms in total. The molecular weight excluding hydrogens is 352 g/mol. The fraction of sp³-hybridized carbons (Fsp3) is 0.364. The van der Waals surface area contributed by atoms with Crippen molar-refractivity contribution in [1.29, 1.82) is 0 Å². The summed E-state index contributed by atoms with van der Waals surface area (Å²) in [5.74, 6) is -0.193. The van der Waals surface area contributed by atoms with Gasteiger partial charge < -0.3 is 15.5 Å². The van der Waals surface area contributed by atoms with Crippen molar-refractivity contribution in [3.63, 3.8) is 0 Å². The Morgan fingerprint density at radius 1 is 1.07 bits per heavy atom. The smallest absolute Gasteiger partial charge is 0.238 e. The SMILES string of the molecule is CCC1CN(C)c2ccccc2CN1CC(=O)Nc1cccc(NC(C)=O)c1. The van der Waals surface area contributed by atoms with Gasteiger partial charge in [0.2, 0.25) is 11.8 Å². The third-order valence-electron chi connectivity index (χ3n) is 5.06. The molecule has 1 aliphatic heterocycles.